The van der Waals surface area contributed by atoms with Crippen molar-refractivity contribution in [3.8, 4) is 17.1 Å². The Kier molecular flexibility index (Phi) is 4.53. The van der Waals surface area contributed by atoms with Crippen LogP contribution in [0.15, 0.2) is 61.1 Å². The molecule has 0 aliphatic carbocycles. The molecule has 0 radical (unpaired) electrons. The highest BCUT2D eigenvalue weighted by molar-refractivity contribution is 9.09. The molecule has 3 aromatic heterocycles. The van der Waals surface area contributed by atoms with Crippen molar-refractivity contribution in [3.63, 3.8) is 0 Å². The largest absolute Gasteiger partial charge is 0.473 e. The number of hydrogen-bond acceptors (Lipinski definition) is 5. The topological polar surface area (TPSA) is 65.2 Å². The number of nitrogens with zero attached hydrogens (tertiary/aromatic N) is 5. The summed E-state index contributed by atoms with van der Waals surface area (Å²) >= 11 is 2.31. The van der Waals surface area contributed by atoms with Gasteiger partial charge in [0.05, 0.1) is 11.9 Å². The molecular weight excluding hydrogens is 420 g/mol. The van der Waals surface area contributed by atoms with E-state index in [1.54, 1.807) is 18.3 Å². The summed E-state index contributed by atoms with van der Waals surface area (Å²) in [4.78, 5) is 5.19. The Morgan fingerprint density at radius 3 is 2.52 bits per heavy atom. The van der Waals surface area contributed by atoms with Crippen LogP contribution in [0.3, 0.4) is 0 Å². The lowest BCUT2D eigenvalue weighted by Crippen LogP contribution is -2.09. The monoisotopic (exact) mass is 431 g/mol. The Morgan fingerprint density at radius 1 is 1.00 bits per heavy atom. The number of aromatic nitrogens is 5. The number of fused-ring (bicyclic) bond motifs is 1. The Morgan fingerprint density at radius 2 is 1.81 bits per heavy atom. The minimum Gasteiger partial charge on any atom is -0.473 e. The van der Waals surface area contributed by atoms with Crippen molar-refractivity contribution in [2.45, 2.75) is 11.4 Å². The van der Waals surface area contributed by atoms with E-state index < -0.39 is 10.7 Å². The summed E-state index contributed by atoms with van der Waals surface area (Å²) in [5.41, 5.74) is 2.37. The first-order valence-corrected chi connectivity index (χ1v) is 8.71. The lowest BCUT2D eigenvalue weighted by molar-refractivity contribution is 0.102. The van der Waals surface area contributed by atoms with Gasteiger partial charge in [-0.05, 0) is 27.6 Å². The molecule has 1 aromatic carbocycles. The van der Waals surface area contributed by atoms with Gasteiger partial charge in [0.25, 0.3) is 0 Å². The summed E-state index contributed by atoms with van der Waals surface area (Å²) in [5.74, 6) is -0.0578. The second-order valence-electron chi connectivity index (χ2n) is 5.68. The maximum atomic E-state index is 13.6. The Bertz CT molecular complexity index is 1060. The zero-order valence-corrected chi connectivity index (χ0v) is 15.3. The van der Waals surface area contributed by atoms with Crippen LogP contribution >= 0.6 is 15.9 Å². The van der Waals surface area contributed by atoms with Gasteiger partial charge in [-0.3, -0.25) is 9.38 Å². The lowest BCUT2D eigenvalue weighted by atomic mass is 10.2. The molecular formula is C18H12BrF2N5O. The van der Waals surface area contributed by atoms with Crippen LogP contribution in [0.1, 0.15) is 11.4 Å². The first kappa shape index (κ1) is 17.5. The average molecular weight is 432 g/mol. The third-order valence-electron chi connectivity index (χ3n) is 3.81. The molecule has 9 heteroatoms. The Labute approximate surface area is 161 Å². The van der Waals surface area contributed by atoms with Crippen LogP contribution in [0.25, 0.3) is 16.9 Å². The molecule has 0 spiro atoms. The van der Waals surface area contributed by atoms with Gasteiger partial charge < -0.3 is 4.74 Å². The maximum Gasteiger partial charge on any atom is 0.360 e. The lowest BCUT2D eigenvalue weighted by Gasteiger charge is -2.08. The van der Waals surface area contributed by atoms with Crippen LogP contribution in [-0.2, 0) is 11.4 Å². The maximum absolute atomic E-state index is 13.6. The van der Waals surface area contributed by atoms with Crippen LogP contribution in [0, 0.1) is 0 Å². The number of alkyl halides is 3. The molecule has 0 fully saturated rings. The Balaban J connectivity index is 1.56. The summed E-state index contributed by atoms with van der Waals surface area (Å²) in [6, 6.07) is 13.2. The van der Waals surface area contributed by atoms with Gasteiger partial charge in [-0.25, -0.2) is 4.98 Å². The van der Waals surface area contributed by atoms with E-state index in [1.165, 1.54) is 16.8 Å². The molecule has 27 heavy (non-hydrogen) atoms. The molecule has 3 heterocycles. The fourth-order valence-corrected chi connectivity index (χ4v) is 2.76. The number of hydrogen-bond donors (Lipinski definition) is 0. The van der Waals surface area contributed by atoms with Crippen LogP contribution < -0.4 is 4.74 Å². The SMILES string of the molecule is FC(F)(Br)c1nnc2cnc(-c3ccc(OCc4ccccc4)nc3)cn12. The van der Waals surface area contributed by atoms with E-state index in [1.807, 2.05) is 30.3 Å². The number of ether oxygens (including phenoxy) is 1. The molecule has 4 aromatic rings. The van der Waals surface area contributed by atoms with E-state index in [9.17, 15) is 8.78 Å². The third kappa shape index (κ3) is 3.77. The summed E-state index contributed by atoms with van der Waals surface area (Å²) in [6.45, 7) is 0.405. The number of rotatable bonds is 5. The fourth-order valence-electron chi connectivity index (χ4n) is 2.49. The first-order valence-electron chi connectivity index (χ1n) is 7.92. The van der Waals surface area contributed by atoms with Gasteiger partial charge in [-0.1, -0.05) is 30.3 Å². The first-order chi connectivity index (χ1) is 13.0. The predicted octanol–water partition coefficient (Wildman–Crippen LogP) is 4.21. The smallest absolute Gasteiger partial charge is 0.360 e. The quantitative estimate of drug-likeness (QED) is 0.442. The Hall–Kier alpha value is -2.94. The van der Waals surface area contributed by atoms with Crippen molar-refractivity contribution in [1.29, 1.82) is 0 Å². The van der Waals surface area contributed by atoms with Gasteiger partial charge in [0.1, 0.15) is 6.61 Å². The molecule has 6 nitrogen and oxygen atoms in total. The predicted molar refractivity (Wildman–Crippen MR) is 97.6 cm³/mol. The highest BCUT2D eigenvalue weighted by atomic mass is 79.9. The van der Waals surface area contributed by atoms with Gasteiger partial charge in [0.15, 0.2) is 5.65 Å². The normalized spacial score (nSPS) is 11.7. The molecule has 0 aliphatic heterocycles. The van der Waals surface area contributed by atoms with Gasteiger partial charge >= 0.3 is 4.83 Å². The second-order valence-corrected chi connectivity index (χ2v) is 6.68. The number of halogens is 3. The molecule has 0 unspecified atom stereocenters. The van der Waals surface area contributed by atoms with Crippen LogP contribution in [-0.4, -0.2) is 24.6 Å². The molecule has 0 amide bonds. The third-order valence-corrected chi connectivity index (χ3v) is 4.16. The summed E-state index contributed by atoms with van der Waals surface area (Å²) in [7, 11) is 0. The van der Waals surface area contributed by atoms with Crippen molar-refractivity contribution in [1.82, 2.24) is 24.6 Å². The molecule has 0 N–H and O–H groups in total. The zero-order chi connectivity index (χ0) is 18.9. The van der Waals surface area contributed by atoms with Crippen LogP contribution in [0.5, 0.6) is 5.88 Å². The van der Waals surface area contributed by atoms with Crippen molar-refractivity contribution in [2.24, 2.45) is 0 Å². The average Bonchev–Trinajstić information content (AvgIpc) is 3.11. The van der Waals surface area contributed by atoms with Crippen molar-refractivity contribution in [2.75, 3.05) is 0 Å². The van der Waals surface area contributed by atoms with Gasteiger partial charge in [0.2, 0.25) is 11.7 Å². The van der Waals surface area contributed by atoms with E-state index in [2.05, 4.69) is 36.1 Å². The van der Waals surface area contributed by atoms with Crippen LogP contribution in [0.2, 0.25) is 0 Å². The van der Waals surface area contributed by atoms with E-state index in [0.717, 1.165) is 5.56 Å². The van der Waals surface area contributed by atoms with E-state index in [-0.39, 0.29) is 5.65 Å². The molecule has 0 atom stereocenters. The highest BCUT2D eigenvalue weighted by Crippen LogP contribution is 2.33. The van der Waals surface area contributed by atoms with Crippen molar-refractivity contribution in [3.05, 3.63) is 72.4 Å². The molecule has 0 saturated heterocycles. The van der Waals surface area contributed by atoms with Crippen molar-refractivity contribution < 1.29 is 13.5 Å². The number of pyridine rings is 1. The van der Waals surface area contributed by atoms with Crippen LogP contribution in [0.4, 0.5) is 8.78 Å². The minimum atomic E-state index is -3.29. The number of benzene rings is 1. The molecule has 136 valence electrons. The van der Waals surface area contributed by atoms with E-state index >= 15 is 0 Å². The highest BCUT2D eigenvalue weighted by Gasteiger charge is 2.33. The van der Waals surface area contributed by atoms with Crippen molar-refractivity contribution >= 4 is 21.6 Å². The van der Waals surface area contributed by atoms with Gasteiger partial charge in [-0.15, -0.1) is 10.2 Å². The molecule has 0 saturated carbocycles. The van der Waals surface area contributed by atoms with Gasteiger partial charge in [-0.2, -0.15) is 8.78 Å². The minimum absolute atomic E-state index is 0.226. The van der Waals surface area contributed by atoms with Gasteiger partial charge in [0, 0.05) is 24.0 Å². The zero-order valence-electron chi connectivity index (χ0n) is 13.8. The summed E-state index contributed by atoms with van der Waals surface area (Å²) in [5, 5.41) is 7.20. The summed E-state index contributed by atoms with van der Waals surface area (Å²) < 4.78 is 34.0. The van der Waals surface area contributed by atoms with E-state index in [4.69, 9.17) is 4.74 Å². The molecule has 0 aliphatic rings. The van der Waals surface area contributed by atoms with E-state index in [0.29, 0.717) is 23.7 Å². The second kappa shape index (κ2) is 6.99. The fraction of sp³-hybridized carbons (Fsp3) is 0.111. The molecule has 4 rings (SSSR count). The standard InChI is InChI=1S/C18H12BrF2N5O/c19-18(20,21)17-25-24-15-9-22-14(10-26(15)17)13-6-7-16(23-8-13)27-11-12-4-2-1-3-5-12/h1-10H,11H2. The molecule has 0 bridgehead atoms. The summed E-state index contributed by atoms with van der Waals surface area (Å²) in [6.07, 6.45) is 4.40.